The van der Waals surface area contributed by atoms with Crippen molar-refractivity contribution in [1.29, 1.82) is 0 Å². The zero-order valence-electron chi connectivity index (χ0n) is 17.2. The molecule has 5 rings (SSSR count). The van der Waals surface area contributed by atoms with Crippen LogP contribution in [0.15, 0.2) is 127 Å². The van der Waals surface area contributed by atoms with Crippen LogP contribution in [0.25, 0.3) is 27.8 Å². The molecule has 0 N–H and O–H groups in total. The lowest BCUT2D eigenvalue weighted by molar-refractivity contribution is 1.13. The predicted molar refractivity (Wildman–Crippen MR) is 131 cm³/mol. The van der Waals surface area contributed by atoms with Crippen LogP contribution in [0, 0.1) is 11.8 Å². The van der Waals surface area contributed by atoms with Crippen molar-refractivity contribution >= 4 is 5.57 Å². The van der Waals surface area contributed by atoms with Gasteiger partial charge in [-0.05, 0) is 39.5 Å². The second kappa shape index (κ2) is 8.74. The van der Waals surface area contributed by atoms with E-state index in [-0.39, 0.29) is 5.92 Å². The Bertz CT molecular complexity index is 1300. The number of hydrogen-bond acceptors (Lipinski definition) is 0. The number of benzene rings is 4. The van der Waals surface area contributed by atoms with Crippen molar-refractivity contribution in [3.63, 3.8) is 0 Å². The first-order valence-electron chi connectivity index (χ1n) is 10.6. The van der Waals surface area contributed by atoms with E-state index in [2.05, 4.69) is 133 Å². The topological polar surface area (TPSA) is 0 Å². The fourth-order valence-corrected chi connectivity index (χ4v) is 3.98. The smallest absolute Gasteiger partial charge is 0.0645 e. The van der Waals surface area contributed by atoms with E-state index in [9.17, 15) is 0 Å². The Kier molecular flexibility index (Phi) is 5.33. The van der Waals surface area contributed by atoms with E-state index in [0.717, 1.165) is 11.1 Å². The van der Waals surface area contributed by atoms with Crippen LogP contribution >= 0.6 is 0 Å². The molecule has 1 aliphatic carbocycles. The van der Waals surface area contributed by atoms with E-state index in [4.69, 9.17) is 0 Å². The van der Waals surface area contributed by atoms with Crippen molar-refractivity contribution in [1.82, 2.24) is 0 Å². The van der Waals surface area contributed by atoms with E-state index >= 15 is 0 Å². The molecule has 1 unspecified atom stereocenters. The molecule has 146 valence electrons. The molecule has 0 aliphatic heterocycles. The van der Waals surface area contributed by atoms with Gasteiger partial charge in [0, 0.05) is 5.57 Å². The van der Waals surface area contributed by atoms with Crippen LogP contribution in [-0.2, 0) is 0 Å². The van der Waals surface area contributed by atoms with Gasteiger partial charge in [0.05, 0.1) is 5.92 Å². The van der Waals surface area contributed by atoms with E-state index in [0.29, 0.717) is 0 Å². The van der Waals surface area contributed by atoms with Gasteiger partial charge in [0.15, 0.2) is 0 Å². The van der Waals surface area contributed by atoms with Gasteiger partial charge in [0.1, 0.15) is 0 Å². The van der Waals surface area contributed by atoms with Gasteiger partial charge in [-0.2, -0.15) is 0 Å². The maximum atomic E-state index is 3.50. The molecule has 0 heteroatoms. The van der Waals surface area contributed by atoms with Crippen molar-refractivity contribution in [3.05, 3.63) is 139 Å². The van der Waals surface area contributed by atoms with Crippen LogP contribution in [0.3, 0.4) is 0 Å². The van der Waals surface area contributed by atoms with E-state index < -0.39 is 0 Å². The molecule has 4 aromatic rings. The van der Waals surface area contributed by atoms with Gasteiger partial charge in [0.2, 0.25) is 0 Å². The molecule has 0 aromatic heterocycles. The lowest BCUT2D eigenvalue weighted by atomic mass is 9.90. The Morgan fingerprint density at radius 3 is 1.84 bits per heavy atom. The summed E-state index contributed by atoms with van der Waals surface area (Å²) in [6, 6.07) is 38.2. The van der Waals surface area contributed by atoms with Gasteiger partial charge in [0.25, 0.3) is 0 Å². The summed E-state index contributed by atoms with van der Waals surface area (Å²) in [6.07, 6.45) is 6.44. The maximum Gasteiger partial charge on any atom is 0.0645 e. The SMILES string of the molecule is C1#CC(c2ccccc2-c2ccccc2)C=CC=C1c1ccc(-c2ccccc2)cc1. The minimum Gasteiger partial charge on any atom is -0.0854 e. The van der Waals surface area contributed by atoms with E-state index in [1.165, 1.54) is 27.8 Å². The Morgan fingerprint density at radius 2 is 1.10 bits per heavy atom. The largest absolute Gasteiger partial charge is 0.0854 e. The molecule has 1 atom stereocenters. The highest BCUT2D eigenvalue weighted by molar-refractivity contribution is 5.82. The molecule has 0 fully saturated rings. The molecule has 0 saturated carbocycles. The fourth-order valence-electron chi connectivity index (χ4n) is 3.98. The highest BCUT2D eigenvalue weighted by Crippen LogP contribution is 2.31. The molecule has 0 radical (unpaired) electrons. The van der Waals surface area contributed by atoms with Gasteiger partial charge in [-0.15, -0.1) is 0 Å². The van der Waals surface area contributed by atoms with E-state index in [1.807, 2.05) is 6.07 Å². The van der Waals surface area contributed by atoms with Crippen LogP contribution in [0.5, 0.6) is 0 Å². The molecule has 0 amide bonds. The summed E-state index contributed by atoms with van der Waals surface area (Å²) in [5, 5.41) is 0. The first-order chi connectivity index (χ1) is 15.4. The molecule has 31 heavy (non-hydrogen) atoms. The number of allylic oxidation sites excluding steroid dienone is 4. The zero-order valence-corrected chi connectivity index (χ0v) is 17.2. The summed E-state index contributed by atoms with van der Waals surface area (Å²) in [4.78, 5) is 0. The lowest BCUT2D eigenvalue weighted by Gasteiger charge is -2.13. The number of rotatable bonds is 4. The summed E-state index contributed by atoms with van der Waals surface area (Å²) in [7, 11) is 0. The van der Waals surface area contributed by atoms with Gasteiger partial charge in [-0.3, -0.25) is 0 Å². The summed E-state index contributed by atoms with van der Waals surface area (Å²) in [6.45, 7) is 0. The lowest BCUT2D eigenvalue weighted by Crippen LogP contribution is -1.95. The molecule has 0 saturated heterocycles. The van der Waals surface area contributed by atoms with Gasteiger partial charge in [-0.25, -0.2) is 0 Å². The van der Waals surface area contributed by atoms with Gasteiger partial charge < -0.3 is 0 Å². The molecule has 0 nitrogen and oxygen atoms in total. The molecule has 0 heterocycles. The third kappa shape index (κ3) is 4.13. The minimum atomic E-state index is 0.0637. The first-order valence-corrected chi connectivity index (χ1v) is 10.6. The predicted octanol–water partition coefficient (Wildman–Crippen LogP) is 7.76. The summed E-state index contributed by atoms with van der Waals surface area (Å²) >= 11 is 0. The average Bonchev–Trinajstić information content (AvgIpc) is 3.12. The third-order valence-corrected chi connectivity index (χ3v) is 5.61. The summed E-state index contributed by atoms with van der Waals surface area (Å²) in [5.41, 5.74) is 8.35. The summed E-state index contributed by atoms with van der Waals surface area (Å²) < 4.78 is 0. The Morgan fingerprint density at radius 1 is 0.516 bits per heavy atom. The average molecular weight is 395 g/mol. The molecular formula is C31H22. The fraction of sp³-hybridized carbons (Fsp3) is 0.0323. The quantitative estimate of drug-likeness (QED) is 0.310. The van der Waals surface area contributed by atoms with Crippen LogP contribution in [0.4, 0.5) is 0 Å². The highest BCUT2D eigenvalue weighted by Gasteiger charge is 2.13. The molecule has 0 spiro atoms. The Hall–Kier alpha value is -4.08. The van der Waals surface area contributed by atoms with Gasteiger partial charge >= 0.3 is 0 Å². The first kappa shape index (κ1) is 18.9. The molecule has 0 bridgehead atoms. The zero-order chi connectivity index (χ0) is 20.9. The van der Waals surface area contributed by atoms with Crippen molar-refractivity contribution in [2.75, 3.05) is 0 Å². The Labute approximate surface area is 184 Å². The maximum absolute atomic E-state index is 3.50. The second-order valence-electron chi connectivity index (χ2n) is 7.61. The van der Waals surface area contributed by atoms with E-state index in [1.54, 1.807) is 0 Å². The Balaban J connectivity index is 1.43. The van der Waals surface area contributed by atoms with Crippen molar-refractivity contribution in [2.24, 2.45) is 0 Å². The second-order valence-corrected chi connectivity index (χ2v) is 7.61. The summed E-state index contributed by atoms with van der Waals surface area (Å²) in [5.74, 6) is 6.99. The molecule has 4 aromatic carbocycles. The highest BCUT2D eigenvalue weighted by atomic mass is 14.2. The van der Waals surface area contributed by atoms with Crippen LogP contribution < -0.4 is 0 Å². The van der Waals surface area contributed by atoms with Crippen LogP contribution in [0.2, 0.25) is 0 Å². The normalized spacial score (nSPS) is 14.8. The minimum absolute atomic E-state index is 0.0637. The standard InChI is InChI=1S/C31H22/c1-3-10-24(11-4-1)26-18-20-27(21-19-26)25-14-9-15-29(23-22-25)31-17-8-7-16-30(31)28-12-5-2-6-13-28/h1-21,29H. The van der Waals surface area contributed by atoms with Crippen LogP contribution in [-0.4, -0.2) is 0 Å². The van der Waals surface area contributed by atoms with Gasteiger partial charge in [-0.1, -0.05) is 133 Å². The van der Waals surface area contributed by atoms with Crippen molar-refractivity contribution in [3.8, 4) is 34.1 Å². The molecular weight excluding hydrogens is 372 g/mol. The van der Waals surface area contributed by atoms with Crippen molar-refractivity contribution in [2.45, 2.75) is 5.92 Å². The third-order valence-electron chi connectivity index (χ3n) is 5.61. The number of hydrogen-bond donors (Lipinski definition) is 0. The monoisotopic (exact) mass is 394 g/mol. The van der Waals surface area contributed by atoms with Crippen molar-refractivity contribution < 1.29 is 0 Å². The van der Waals surface area contributed by atoms with Crippen LogP contribution in [0.1, 0.15) is 17.0 Å². The molecule has 1 aliphatic rings.